The number of piperazine rings is 1. The van der Waals surface area contributed by atoms with Crippen LogP contribution in [-0.4, -0.2) is 79.6 Å². The molecule has 1 atom stereocenters. The number of alkyl halides is 3. The molecule has 0 spiro atoms. The van der Waals surface area contributed by atoms with Crippen LogP contribution in [0.5, 0.6) is 0 Å². The molecule has 0 aromatic heterocycles. The van der Waals surface area contributed by atoms with E-state index in [-0.39, 0.29) is 30.6 Å². The molecule has 158 valence electrons. The Labute approximate surface area is 164 Å². The van der Waals surface area contributed by atoms with Crippen molar-refractivity contribution in [1.29, 1.82) is 0 Å². The van der Waals surface area contributed by atoms with Crippen LogP contribution in [0.3, 0.4) is 0 Å². The maximum atomic E-state index is 13.3. The van der Waals surface area contributed by atoms with Gasteiger partial charge in [0.25, 0.3) is 0 Å². The van der Waals surface area contributed by atoms with Crippen LogP contribution in [0, 0.1) is 5.92 Å². The van der Waals surface area contributed by atoms with Crippen molar-refractivity contribution < 1.29 is 22.8 Å². The van der Waals surface area contributed by atoms with Crippen molar-refractivity contribution >= 4 is 24.2 Å². The van der Waals surface area contributed by atoms with E-state index in [2.05, 4.69) is 10.6 Å². The first-order valence-electron chi connectivity index (χ1n) is 9.31. The smallest absolute Gasteiger partial charge is 0.354 e. The van der Waals surface area contributed by atoms with Crippen molar-refractivity contribution in [1.82, 2.24) is 20.4 Å². The standard InChI is InChI=1S/C17H29F3N4O2.ClH/c1-13(25)23-8-4-14(5-9-23)2-3-16(26)22-12-15(17(18,19)20)24-10-6-21-7-11-24;/h14-15,21H,2-12H2,1H3,(H,22,26);1H. The second-order valence-corrected chi connectivity index (χ2v) is 7.14. The minimum atomic E-state index is -4.36. The van der Waals surface area contributed by atoms with Gasteiger partial charge in [0.1, 0.15) is 6.04 Å². The maximum Gasteiger partial charge on any atom is 0.405 e. The number of rotatable bonds is 6. The highest BCUT2D eigenvalue weighted by molar-refractivity contribution is 5.85. The van der Waals surface area contributed by atoms with Gasteiger partial charge in [0.05, 0.1) is 0 Å². The molecule has 27 heavy (non-hydrogen) atoms. The molecule has 2 saturated heterocycles. The van der Waals surface area contributed by atoms with Gasteiger partial charge < -0.3 is 15.5 Å². The molecular formula is C17H30ClF3N4O2. The molecule has 2 heterocycles. The molecule has 2 aliphatic rings. The molecule has 2 amide bonds. The van der Waals surface area contributed by atoms with Gasteiger partial charge in [0, 0.05) is 59.2 Å². The summed E-state index contributed by atoms with van der Waals surface area (Å²) in [7, 11) is 0. The lowest BCUT2D eigenvalue weighted by atomic mass is 9.92. The summed E-state index contributed by atoms with van der Waals surface area (Å²) < 4.78 is 39.9. The van der Waals surface area contributed by atoms with E-state index in [1.54, 1.807) is 11.8 Å². The number of likely N-dealkylation sites (tertiary alicyclic amines) is 1. The summed E-state index contributed by atoms with van der Waals surface area (Å²) in [5.41, 5.74) is 0. The number of hydrogen-bond donors (Lipinski definition) is 2. The normalized spacial score (nSPS) is 20.7. The largest absolute Gasteiger partial charge is 0.405 e. The van der Waals surface area contributed by atoms with Crippen molar-refractivity contribution in [2.45, 2.75) is 44.8 Å². The predicted octanol–water partition coefficient (Wildman–Crippen LogP) is 1.40. The summed E-state index contributed by atoms with van der Waals surface area (Å²) in [5.74, 6) is 0.0820. The zero-order chi connectivity index (χ0) is 19.2. The van der Waals surface area contributed by atoms with E-state index in [0.717, 1.165) is 12.8 Å². The lowest BCUT2D eigenvalue weighted by molar-refractivity contribution is -0.184. The monoisotopic (exact) mass is 414 g/mol. The Balaban J connectivity index is 0.00000364. The molecule has 0 aliphatic carbocycles. The highest BCUT2D eigenvalue weighted by Crippen LogP contribution is 2.25. The zero-order valence-electron chi connectivity index (χ0n) is 15.7. The lowest BCUT2D eigenvalue weighted by Crippen LogP contribution is -2.57. The van der Waals surface area contributed by atoms with Gasteiger partial charge in [-0.1, -0.05) is 0 Å². The highest BCUT2D eigenvalue weighted by atomic mass is 35.5. The van der Waals surface area contributed by atoms with Gasteiger partial charge in [-0.3, -0.25) is 14.5 Å². The Kier molecular flexibility index (Phi) is 9.83. The summed E-state index contributed by atoms with van der Waals surface area (Å²) >= 11 is 0. The van der Waals surface area contributed by atoms with E-state index >= 15 is 0 Å². The number of carbonyl (C=O) groups excluding carboxylic acids is 2. The van der Waals surface area contributed by atoms with Gasteiger partial charge >= 0.3 is 6.18 Å². The Morgan fingerprint density at radius 3 is 2.26 bits per heavy atom. The summed E-state index contributed by atoms with van der Waals surface area (Å²) in [6.45, 7) is 4.25. The Morgan fingerprint density at radius 2 is 1.74 bits per heavy atom. The molecule has 2 fully saturated rings. The van der Waals surface area contributed by atoms with Crippen LogP contribution in [-0.2, 0) is 9.59 Å². The number of carbonyl (C=O) groups is 2. The van der Waals surface area contributed by atoms with Gasteiger partial charge in [-0.15, -0.1) is 12.4 Å². The second kappa shape index (κ2) is 11.1. The molecule has 0 aromatic carbocycles. The van der Waals surface area contributed by atoms with Crippen molar-refractivity contribution in [3.63, 3.8) is 0 Å². The van der Waals surface area contributed by atoms with E-state index in [0.29, 0.717) is 51.6 Å². The molecule has 0 bridgehead atoms. The molecule has 0 saturated carbocycles. The average molecular weight is 415 g/mol. The number of nitrogens with zero attached hydrogens (tertiary/aromatic N) is 2. The average Bonchev–Trinajstić information content (AvgIpc) is 2.60. The summed E-state index contributed by atoms with van der Waals surface area (Å²) in [5, 5.41) is 5.50. The first-order chi connectivity index (χ1) is 12.3. The topological polar surface area (TPSA) is 64.7 Å². The molecular weight excluding hydrogens is 385 g/mol. The number of halogens is 4. The van der Waals surface area contributed by atoms with E-state index in [1.165, 1.54) is 4.90 Å². The van der Waals surface area contributed by atoms with Crippen molar-refractivity contribution in [3.05, 3.63) is 0 Å². The Hall–Kier alpha value is -1.06. The van der Waals surface area contributed by atoms with Crippen molar-refractivity contribution in [2.24, 2.45) is 5.92 Å². The van der Waals surface area contributed by atoms with Gasteiger partial charge in [-0.05, 0) is 25.2 Å². The fourth-order valence-electron chi connectivity index (χ4n) is 3.62. The fraction of sp³-hybridized carbons (Fsp3) is 0.882. The Morgan fingerprint density at radius 1 is 1.15 bits per heavy atom. The SMILES string of the molecule is CC(=O)N1CCC(CCC(=O)NCC(N2CCNCC2)C(F)(F)F)CC1.Cl. The summed E-state index contributed by atoms with van der Waals surface area (Å²) in [6.07, 6.45) is -1.78. The van der Waals surface area contributed by atoms with Crippen LogP contribution >= 0.6 is 12.4 Å². The third kappa shape index (κ3) is 7.83. The highest BCUT2D eigenvalue weighted by Gasteiger charge is 2.43. The number of piperidine rings is 1. The number of amides is 2. The third-order valence-electron chi connectivity index (χ3n) is 5.30. The number of hydrogen-bond acceptors (Lipinski definition) is 4. The fourth-order valence-corrected chi connectivity index (χ4v) is 3.62. The van der Waals surface area contributed by atoms with Crippen LogP contribution in [0.1, 0.15) is 32.6 Å². The van der Waals surface area contributed by atoms with Crippen LogP contribution in [0.15, 0.2) is 0 Å². The van der Waals surface area contributed by atoms with Crippen molar-refractivity contribution in [2.75, 3.05) is 45.8 Å². The van der Waals surface area contributed by atoms with Crippen LogP contribution in [0.25, 0.3) is 0 Å². The maximum absolute atomic E-state index is 13.3. The minimum absolute atomic E-state index is 0. The first-order valence-corrected chi connectivity index (χ1v) is 9.31. The van der Waals surface area contributed by atoms with E-state index < -0.39 is 18.8 Å². The van der Waals surface area contributed by atoms with Gasteiger partial charge in [0.2, 0.25) is 11.8 Å². The van der Waals surface area contributed by atoms with Gasteiger partial charge in [0.15, 0.2) is 0 Å². The predicted molar refractivity (Wildman–Crippen MR) is 98.8 cm³/mol. The molecule has 10 heteroatoms. The van der Waals surface area contributed by atoms with Gasteiger partial charge in [-0.25, -0.2) is 0 Å². The molecule has 2 N–H and O–H groups in total. The molecule has 0 aromatic rings. The second-order valence-electron chi connectivity index (χ2n) is 7.14. The summed E-state index contributed by atoms with van der Waals surface area (Å²) in [6, 6.07) is -1.63. The molecule has 2 aliphatic heterocycles. The van der Waals surface area contributed by atoms with Crippen molar-refractivity contribution in [3.8, 4) is 0 Å². The molecule has 1 unspecified atom stereocenters. The minimum Gasteiger partial charge on any atom is -0.354 e. The number of nitrogens with one attached hydrogen (secondary N) is 2. The summed E-state index contributed by atoms with van der Waals surface area (Å²) in [4.78, 5) is 26.5. The van der Waals surface area contributed by atoms with E-state index in [1.807, 2.05) is 0 Å². The van der Waals surface area contributed by atoms with Crippen LogP contribution in [0.2, 0.25) is 0 Å². The van der Waals surface area contributed by atoms with Crippen LogP contribution < -0.4 is 10.6 Å². The van der Waals surface area contributed by atoms with E-state index in [9.17, 15) is 22.8 Å². The first kappa shape index (κ1) is 24.0. The Bertz CT molecular complexity index is 479. The van der Waals surface area contributed by atoms with Gasteiger partial charge in [-0.2, -0.15) is 13.2 Å². The van der Waals surface area contributed by atoms with E-state index in [4.69, 9.17) is 0 Å². The molecule has 0 radical (unpaired) electrons. The molecule has 2 rings (SSSR count). The quantitative estimate of drug-likeness (QED) is 0.689. The van der Waals surface area contributed by atoms with Crippen LogP contribution in [0.4, 0.5) is 13.2 Å². The lowest BCUT2D eigenvalue weighted by Gasteiger charge is -2.36. The third-order valence-corrected chi connectivity index (χ3v) is 5.30. The molecule has 6 nitrogen and oxygen atoms in total. The zero-order valence-corrected chi connectivity index (χ0v) is 16.5.